The third kappa shape index (κ3) is 3.27. The molecular weight excluding hydrogens is 216 g/mol. The van der Waals surface area contributed by atoms with Gasteiger partial charge in [0.15, 0.2) is 0 Å². The summed E-state index contributed by atoms with van der Waals surface area (Å²) in [4.78, 5) is 13.0. The number of hydrogen-bond acceptors (Lipinski definition) is 3. The van der Waals surface area contributed by atoms with Gasteiger partial charge in [-0.15, -0.1) is 0 Å². The first-order valence-electron chi connectivity index (χ1n) is 6.22. The van der Waals surface area contributed by atoms with Gasteiger partial charge in [0.2, 0.25) is 0 Å². The molecular formula is C13H18N2O2. The number of nitro groups is 1. The van der Waals surface area contributed by atoms with Crippen LogP contribution in [0.4, 0.5) is 5.69 Å². The molecule has 2 rings (SSSR count). The highest BCUT2D eigenvalue weighted by atomic mass is 16.6. The molecule has 0 bridgehead atoms. The van der Waals surface area contributed by atoms with Crippen molar-refractivity contribution in [2.45, 2.75) is 25.7 Å². The predicted molar refractivity (Wildman–Crippen MR) is 67.1 cm³/mol. The van der Waals surface area contributed by atoms with Gasteiger partial charge in [0.1, 0.15) is 0 Å². The summed E-state index contributed by atoms with van der Waals surface area (Å²) in [7, 11) is 0. The van der Waals surface area contributed by atoms with Gasteiger partial charge < -0.3 is 4.90 Å². The van der Waals surface area contributed by atoms with Crippen molar-refractivity contribution in [3.63, 3.8) is 0 Å². The minimum Gasteiger partial charge on any atom is -0.303 e. The Hall–Kier alpha value is -1.42. The first-order valence-corrected chi connectivity index (χ1v) is 6.22. The zero-order valence-corrected chi connectivity index (χ0v) is 9.97. The number of aryl methyl sites for hydroxylation is 1. The van der Waals surface area contributed by atoms with E-state index < -0.39 is 0 Å². The Balaban J connectivity index is 1.87. The molecule has 0 aliphatic carbocycles. The average Bonchev–Trinajstić information content (AvgIpc) is 2.82. The molecule has 0 atom stereocenters. The summed E-state index contributed by atoms with van der Waals surface area (Å²) in [6.45, 7) is 3.44. The SMILES string of the molecule is O=[N+]([O-])c1ccccc1CCCN1CCCC1. The van der Waals surface area contributed by atoms with E-state index in [4.69, 9.17) is 0 Å². The Morgan fingerprint density at radius 3 is 2.65 bits per heavy atom. The largest absolute Gasteiger partial charge is 0.303 e. The van der Waals surface area contributed by atoms with Crippen LogP contribution >= 0.6 is 0 Å². The lowest BCUT2D eigenvalue weighted by molar-refractivity contribution is -0.385. The van der Waals surface area contributed by atoms with E-state index in [1.54, 1.807) is 12.1 Å². The maximum Gasteiger partial charge on any atom is 0.272 e. The van der Waals surface area contributed by atoms with Crippen molar-refractivity contribution < 1.29 is 4.92 Å². The van der Waals surface area contributed by atoms with Crippen LogP contribution in [-0.4, -0.2) is 29.5 Å². The highest BCUT2D eigenvalue weighted by molar-refractivity contribution is 5.39. The molecule has 0 spiro atoms. The summed E-state index contributed by atoms with van der Waals surface area (Å²) in [5.41, 5.74) is 1.12. The Kier molecular flexibility index (Phi) is 4.09. The number of rotatable bonds is 5. The third-order valence-corrected chi connectivity index (χ3v) is 3.31. The Morgan fingerprint density at radius 2 is 1.94 bits per heavy atom. The first-order chi connectivity index (χ1) is 8.27. The van der Waals surface area contributed by atoms with E-state index in [2.05, 4.69) is 4.90 Å². The van der Waals surface area contributed by atoms with E-state index in [0.717, 1.165) is 24.9 Å². The van der Waals surface area contributed by atoms with Crippen molar-refractivity contribution in [1.82, 2.24) is 4.90 Å². The van der Waals surface area contributed by atoms with Gasteiger partial charge in [0, 0.05) is 11.6 Å². The molecule has 0 amide bonds. The third-order valence-electron chi connectivity index (χ3n) is 3.31. The molecule has 1 saturated heterocycles. The summed E-state index contributed by atoms with van der Waals surface area (Å²) in [6, 6.07) is 7.05. The van der Waals surface area contributed by atoms with Gasteiger partial charge in [-0.3, -0.25) is 10.1 Å². The molecule has 17 heavy (non-hydrogen) atoms. The molecule has 4 nitrogen and oxygen atoms in total. The smallest absolute Gasteiger partial charge is 0.272 e. The summed E-state index contributed by atoms with van der Waals surface area (Å²) < 4.78 is 0. The molecule has 1 aromatic rings. The van der Waals surface area contributed by atoms with Gasteiger partial charge in [-0.1, -0.05) is 18.2 Å². The van der Waals surface area contributed by atoms with E-state index in [1.165, 1.54) is 25.9 Å². The lowest BCUT2D eigenvalue weighted by Crippen LogP contribution is -2.20. The van der Waals surface area contributed by atoms with Crippen LogP contribution in [0.15, 0.2) is 24.3 Å². The van der Waals surface area contributed by atoms with Crippen LogP contribution in [0.3, 0.4) is 0 Å². The second-order valence-corrected chi connectivity index (χ2v) is 4.54. The van der Waals surface area contributed by atoms with Crippen molar-refractivity contribution in [1.29, 1.82) is 0 Å². The second kappa shape index (κ2) is 5.77. The highest BCUT2D eigenvalue weighted by Crippen LogP contribution is 2.19. The Morgan fingerprint density at radius 1 is 1.24 bits per heavy atom. The molecule has 0 saturated carbocycles. The fourth-order valence-electron chi connectivity index (χ4n) is 2.40. The molecule has 92 valence electrons. The fourth-order valence-corrected chi connectivity index (χ4v) is 2.40. The van der Waals surface area contributed by atoms with Crippen LogP contribution in [0.5, 0.6) is 0 Å². The molecule has 1 heterocycles. The average molecular weight is 234 g/mol. The molecule has 4 heteroatoms. The Bertz CT molecular complexity index is 387. The quantitative estimate of drug-likeness (QED) is 0.581. The lowest BCUT2D eigenvalue weighted by atomic mass is 10.1. The molecule has 0 radical (unpaired) electrons. The van der Waals surface area contributed by atoms with Crippen molar-refractivity contribution in [3.05, 3.63) is 39.9 Å². The molecule has 0 aromatic heterocycles. The van der Waals surface area contributed by atoms with Crippen LogP contribution in [-0.2, 0) is 6.42 Å². The minimum absolute atomic E-state index is 0.258. The Labute approximate surface area is 101 Å². The van der Waals surface area contributed by atoms with E-state index in [0.29, 0.717) is 0 Å². The van der Waals surface area contributed by atoms with Crippen molar-refractivity contribution in [3.8, 4) is 0 Å². The summed E-state index contributed by atoms with van der Waals surface area (Å²) in [5.74, 6) is 0. The molecule has 0 N–H and O–H groups in total. The van der Waals surface area contributed by atoms with Crippen molar-refractivity contribution in [2.75, 3.05) is 19.6 Å². The molecule has 0 unspecified atom stereocenters. The number of benzene rings is 1. The minimum atomic E-state index is -0.287. The number of nitro benzene ring substituents is 1. The van der Waals surface area contributed by atoms with E-state index >= 15 is 0 Å². The predicted octanol–water partition coefficient (Wildman–Crippen LogP) is 2.62. The van der Waals surface area contributed by atoms with Crippen LogP contribution in [0.1, 0.15) is 24.8 Å². The maximum atomic E-state index is 10.8. The van der Waals surface area contributed by atoms with Gasteiger partial charge in [0.25, 0.3) is 5.69 Å². The van der Waals surface area contributed by atoms with Gasteiger partial charge in [-0.05, 0) is 45.3 Å². The zero-order chi connectivity index (χ0) is 12.1. The second-order valence-electron chi connectivity index (χ2n) is 4.54. The fraction of sp³-hybridized carbons (Fsp3) is 0.538. The highest BCUT2D eigenvalue weighted by Gasteiger charge is 2.14. The number of nitrogens with zero attached hydrogens (tertiary/aromatic N) is 2. The van der Waals surface area contributed by atoms with Crippen molar-refractivity contribution >= 4 is 5.69 Å². The van der Waals surface area contributed by atoms with E-state index in [1.807, 2.05) is 12.1 Å². The van der Waals surface area contributed by atoms with Crippen molar-refractivity contribution in [2.24, 2.45) is 0 Å². The van der Waals surface area contributed by atoms with Crippen LogP contribution in [0.25, 0.3) is 0 Å². The summed E-state index contributed by atoms with van der Waals surface area (Å²) in [5, 5.41) is 10.8. The standard InChI is InChI=1S/C13H18N2O2/c16-15(17)13-8-2-1-6-12(13)7-5-11-14-9-3-4-10-14/h1-2,6,8H,3-5,7,9-11H2. The van der Waals surface area contributed by atoms with Crippen LogP contribution in [0.2, 0.25) is 0 Å². The maximum absolute atomic E-state index is 10.8. The number of hydrogen-bond donors (Lipinski definition) is 0. The molecule has 1 fully saturated rings. The summed E-state index contributed by atoms with van der Waals surface area (Å²) >= 11 is 0. The number of para-hydroxylation sites is 1. The normalized spacial score (nSPS) is 16.2. The van der Waals surface area contributed by atoms with Gasteiger partial charge >= 0.3 is 0 Å². The molecule has 1 aliphatic rings. The lowest BCUT2D eigenvalue weighted by Gasteiger charge is -2.13. The van der Waals surface area contributed by atoms with Gasteiger partial charge in [-0.25, -0.2) is 0 Å². The van der Waals surface area contributed by atoms with Crippen LogP contribution < -0.4 is 0 Å². The van der Waals surface area contributed by atoms with E-state index in [-0.39, 0.29) is 10.6 Å². The van der Waals surface area contributed by atoms with E-state index in [9.17, 15) is 10.1 Å². The monoisotopic (exact) mass is 234 g/mol. The first kappa shape index (κ1) is 12.0. The summed E-state index contributed by atoms with van der Waals surface area (Å²) in [6.07, 6.45) is 4.40. The van der Waals surface area contributed by atoms with Crippen LogP contribution in [0, 0.1) is 10.1 Å². The molecule has 1 aliphatic heterocycles. The topological polar surface area (TPSA) is 46.4 Å². The zero-order valence-electron chi connectivity index (χ0n) is 9.97. The molecule has 1 aromatic carbocycles. The van der Waals surface area contributed by atoms with Gasteiger partial charge in [0.05, 0.1) is 4.92 Å². The number of likely N-dealkylation sites (tertiary alicyclic amines) is 1. The van der Waals surface area contributed by atoms with Gasteiger partial charge in [-0.2, -0.15) is 0 Å².